The van der Waals surface area contributed by atoms with Crippen molar-refractivity contribution in [2.45, 2.75) is 40.7 Å². The summed E-state index contributed by atoms with van der Waals surface area (Å²) in [7, 11) is 0. The second-order valence-electron chi connectivity index (χ2n) is 5.65. The minimum Gasteiger partial charge on any atom is -0.338 e. The zero-order valence-corrected chi connectivity index (χ0v) is 13.8. The molecule has 0 aliphatic heterocycles. The van der Waals surface area contributed by atoms with Gasteiger partial charge in [-0.3, -0.25) is 14.9 Å². The number of imide groups is 1. The van der Waals surface area contributed by atoms with Gasteiger partial charge in [-0.1, -0.05) is 13.8 Å². The fraction of sp³-hybridized carbons (Fsp3) is 0.533. The number of hydrogen-bond donors (Lipinski definition) is 2. The monoisotopic (exact) mass is 319 g/mol. The summed E-state index contributed by atoms with van der Waals surface area (Å²) in [5.41, 5.74) is 0.272. The van der Waals surface area contributed by atoms with Crippen molar-refractivity contribution in [1.29, 1.82) is 5.26 Å². The molecule has 0 fully saturated rings. The van der Waals surface area contributed by atoms with Gasteiger partial charge in [-0.05, 0) is 31.7 Å². The molecule has 1 aromatic rings. The van der Waals surface area contributed by atoms with Crippen LogP contribution >= 0.6 is 0 Å². The van der Waals surface area contributed by atoms with Crippen LogP contribution in [0.3, 0.4) is 0 Å². The van der Waals surface area contributed by atoms with Gasteiger partial charge in [0.15, 0.2) is 0 Å². The Morgan fingerprint density at radius 1 is 1.35 bits per heavy atom. The quantitative estimate of drug-likeness (QED) is 0.824. The lowest BCUT2D eigenvalue weighted by atomic mass is 10.1. The Morgan fingerprint density at radius 3 is 2.57 bits per heavy atom. The number of aromatic nitrogens is 2. The standard InChI is InChI=1S/C15H21N5O3/c1-9(2)5-6-17-15(23)18-13(21)8-20-14(22)12(7-16)10(3)11(4)19-20/h9H,5-6,8H2,1-4H3,(H2,17,18,21,23). The number of carbonyl (C=O) groups is 2. The van der Waals surface area contributed by atoms with Crippen molar-refractivity contribution in [3.05, 3.63) is 27.2 Å². The molecule has 1 heterocycles. The molecule has 3 amide bonds. The van der Waals surface area contributed by atoms with Crippen molar-refractivity contribution in [1.82, 2.24) is 20.4 Å². The molecule has 0 atom stereocenters. The first-order valence-corrected chi connectivity index (χ1v) is 7.32. The maximum absolute atomic E-state index is 12.0. The first kappa shape index (κ1) is 18.4. The van der Waals surface area contributed by atoms with Gasteiger partial charge in [0.2, 0.25) is 5.91 Å². The third kappa shape index (κ3) is 5.21. The minimum atomic E-state index is -0.672. The van der Waals surface area contributed by atoms with Crippen LogP contribution in [0.15, 0.2) is 4.79 Å². The van der Waals surface area contributed by atoms with Gasteiger partial charge in [0.1, 0.15) is 18.2 Å². The zero-order chi connectivity index (χ0) is 17.6. The second kappa shape index (κ2) is 8.08. The van der Waals surface area contributed by atoms with Gasteiger partial charge in [0, 0.05) is 6.54 Å². The van der Waals surface area contributed by atoms with Crippen LogP contribution in [0.1, 0.15) is 37.1 Å². The fourth-order valence-corrected chi connectivity index (χ4v) is 1.83. The Labute approximate surface area is 134 Å². The van der Waals surface area contributed by atoms with Gasteiger partial charge in [-0.15, -0.1) is 0 Å². The van der Waals surface area contributed by atoms with E-state index in [1.807, 2.05) is 19.9 Å². The summed E-state index contributed by atoms with van der Waals surface area (Å²) in [6, 6.07) is 1.20. The molecule has 0 aromatic carbocycles. The van der Waals surface area contributed by atoms with Crippen molar-refractivity contribution in [3.63, 3.8) is 0 Å². The average molecular weight is 319 g/mol. The first-order chi connectivity index (χ1) is 10.8. The van der Waals surface area contributed by atoms with Crippen LogP contribution in [-0.2, 0) is 11.3 Å². The van der Waals surface area contributed by atoms with Crippen molar-refractivity contribution < 1.29 is 9.59 Å². The van der Waals surface area contributed by atoms with Gasteiger partial charge in [-0.2, -0.15) is 10.4 Å². The molecule has 124 valence electrons. The van der Waals surface area contributed by atoms with E-state index in [0.29, 0.717) is 23.7 Å². The Kier molecular flexibility index (Phi) is 6.45. The summed E-state index contributed by atoms with van der Waals surface area (Å²) in [5.74, 6) is -0.234. The molecular formula is C15H21N5O3. The lowest BCUT2D eigenvalue weighted by molar-refractivity contribution is -0.120. The minimum absolute atomic E-state index is 0.0494. The Morgan fingerprint density at radius 2 is 2.00 bits per heavy atom. The van der Waals surface area contributed by atoms with Gasteiger partial charge < -0.3 is 5.32 Å². The molecule has 0 aliphatic rings. The van der Waals surface area contributed by atoms with Crippen molar-refractivity contribution in [2.75, 3.05) is 6.54 Å². The SMILES string of the molecule is Cc1nn(CC(=O)NC(=O)NCCC(C)C)c(=O)c(C#N)c1C. The molecule has 0 bridgehead atoms. The smallest absolute Gasteiger partial charge is 0.321 e. The Bertz CT molecular complexity index is 700. The predicted octanol–water partition coefficient (Wildman–Crippen LogP) is 0.604. The van der Waals surface area contributed by atoms with E-state index >= 15 is 0 Å². The molecule has 0 saturated carbocycles. The van der Waals surface area contributed by atoms with Crippen LogP contribution in [0, 0.1) is 31.1 Å². The third-order valence-electron chi connectivity index (χ3n) is 3.30. The third-order valence-corrected chi connectivity index (χ3v) is 3.30. The number of carbonyl (C=O) groups excluding carboxylic acids is 2. The topological polar surface area (TPSA) is 117 Å². The molecule has 0 unspecified atom stereocenters. The van der Waals surface area contributed by atoms with Crippen LogP contribution < -0.4 is 16.2 Å². The first-order valence-electron chi connectivity index (χ1n) is 7.32. The number of urea groups is 1. The number of nitrogens with zero attached hydrogens (tertiary/aromatic N) is 3. The lowest BCUT2D eigenvalue weighted by Gasteiger charge is -2.10. The lowest BCUT2D eigenvalue weighted by Crippen LogP contribution is -2.43. The highest BCUT2D eigenvalue weighted by atomic mass is 16.2. The molecule has 2 N–H and O–H groups in total. The van der Waals surface area contributed by atoms with E-state index in [4.69, 9.17) is 5.26 Å². The largest absolute Gasteiger partial charge is 0.338 e. The van der Waals surface area contributed by atoms with Gasteiger partial charge in [-0.25, -0.2) is 9.48 Å². The van der Waals surface area contributed by atoms with Crippen LogP contribution in [0.4, 0.5) is 4.79 Å². The van der Waals surface area contributed by atoms with Crippen LogP contribution in [0.25, 0.3) is 0 Å². The molecule has 8 nitrogen and oxygen atoms in total. The summed E-state index contributed by atoms with van der Waals surface area (Å²) >= 11 is 0. The number of aryl methyl sites for hydroxylation is 1. The predicted molar refractivity (Wildman–Crippen MR) is 83.7 cm³/mol. The maximum atomic E-state index is 12.0. The van der Waals surface area contributed by atoms with Crippen molar-refractivity contribution in [3.8, 4) is 6.07 Å². The van der Waals surface area contributed by atoms with E-state index in [0.717, 1.165) is 11.1 Å². The molecule has 0 radical (unpaired) electrons. The molecule has 1 rings (SSSR count). The van der Waals surface area contributed by atoms with E-state index in [1.54, 1.807) is 13.8 Å². The van der Waals surface area contributed by atoms with E-state index in [9.17, 15) is 14.4 Å². The van der Waals surface area contributed by atoms with Gasteiger partial charge in [0.05, 0.1) is 5.69 Å². The van der Waals surface area contributed by atoms with E-state index in [1.165, 1.54) is 0 Å². The summed E-state index contributed by atoms with van der Waals surface area (Å²) in [6.45, 7) is 7.34. The zero-order valence-electron chi connectivity index (χ0n) is 13.8. The molecule has 0 spiro atoms. The number of nitriles is 1. The van der Waals surface area contributed by atoms with Gasteiger partial charge in [0.25, 0.3) is 5.56 Å². The molecule has 23 heavy (non-hydrogen) atoms. The van der Waals surface area contributed by atoms with Crippen molar-refractivity contribution >= 4 is 11.9 Å². The van der Waals surface area contributed by atoms with Crippen LogP contribution in [0.5, 0.6) is 0 Å². The number of nitrogens with one attached hydrogen (secondary N) is 2. The summed E-state index contributed by atoms with van der Waals surface area (Å²) < 4.78 is 0.887. The molecule has 0 aliphatic carbocycles. The highest BCUT2D eigenvalue weighted by Crippen LogP contribution is 2.04. The number of rotatable bonds is 5. The highest BCUT2D eigenvalue weighted by Gasteiger charge is 2.15. The Balaban J connectivity index is 2.72. The van der Waals surface area contributed by atoms with Crippen molar-refractivity contribution in [2.24, 2.45) is 5.92 Å². The van der Waals surface area contributed by atoms with Crippen LogP contribution in [0.2, 0.25) is 0 Å². The van der Waals surface area contributed by atoms with E-state index in [2.05, 4.69) is 15.7 Å². The Hall–Kier alpha value is -2.69. The average Bonchev–Trinajstić information content (AvgIpc) is 2.44. The number of hydrogen-bond acceptors (Lipinski definition) is 5. The fourth-order valence-electron chi connectivity index (χ4n) is 1.83. The molecular weight excluding hydrogens is 298 g/mol. The molecule has 8 heteroatoms. The summed E-state index contributed by atoms with van der Waals surface area (Å²) in [6.07, 6.45) is 0.797. The highest BCUT2D eigenvalue weighted by molar-refractivity contribution is 5.94. The summed E-state index contributed by atoms with van der Waals surface area (Å²) in [5, 5.41) is 17.7. The molecule has 1 aromatic heterocycles. The second-order valence-corrected chi connectivity index (χ2v) is 5.65. The van der Waals surface area contributed by atoms with Crippen LogP contribution in [-0.4, -0.2) is 28.3 Å². The summed E-state index contributed by atoms with van der Waals surface area (Å²) in [4.78, 5) is 35.4. The normalized spacial score (nSPS) is 10.3. The molecule has 0 saturated heterocycles. The van der Waals surface area contributed by atoms with E-state index < -0.39 is 24.0 Å². The van der Waals surface area contributed by atoms with Gasteiger partial charge >= 0.3 is 6.03 Å². The maximum Gasteiger partial charge on any atom is 0.321 e. The number of amides is 3. The van der Waals surface area contributed by atoms with E-state index in [-0.39, 0.29) is 5.56 Å².